The van der Waals surface area contributed by atoms with Gasteiger partial charge in [0.2, 0.25) is 0 Å². The second-order valence-electron chi connectivity index (χ2n) is 6.03. The first-order chi connectivity index (χ1) is 9.72. The maximum Gasteiger partial charge on any atom is 0.146 e. The zero-order chi connectivity index (χ0) is 13.9. The summed E-state index contributed by atoms with van der Waals surface area (Å²) in [4.78, 5) is 1.98. The standard InChI is InChI=1S/C16H22F2N2/c17-12-7-8-15(18)16(10-12)20-9-3-6-14(11-20)19-13-4-1-2-5-13/h7-8,10,13-14,19H,1-6,9,11H2. The molecule has 20 heavy (non-hydrogen) atoms. The largest absolute Gasteiger partial charge is 0.368 e. The molecule has 0 radical (unpaired) electrons. The SMILES string of the molecule is Fc1ccc(F)c(N2CCCC(NC3CCCC3)C2)c1. The second-order valence-corrected chi connectivity index (χ2v) is 6.03. The molecule has 0 aromatic heterocycles. The van der Waals surface area contributed by atoms with E-state index in [-0.39, 0.29) is 11.6 Å². The van der Waals surface area contributed by atoms with Crippen LogP contribution in [0.5, 0.6) is 0 Å². The van der Waals surface area contributed by atoms with Crippen LogP contribution in [-0.2, 0) is 0 Å². The maximum absolute atomic E-state index is 13.9. The third-order valence-corrected chi connectivity index (χ3v) is 4.50. The van der Waals surface area contributed by atoms with Crippen LogP contribution in [-0.4, -0.2) is 25.2 Å². The summed E-state index contributed by atoms with van der Waals surface area (Å²) < 4.78 is 27.2. The summed E-state index contributed by atoms with van der Waals surface area (Å²) in [7, 11) is 0. The highest BCUT2D eigenvalue weighted by molar-refractivity contribution is 5.48. The number of piperidine rings is 1. The van der Waals surface area contributed by atoms with Gasteiger partial charge in [-0.2, -0.15) is 0 Å². The van der Waals surface area contributed by atoms with E-state index >= 15 is 0 Å². The Balaban J connectivity index is 1.66. The van der Waals surface area contributed by atoms with E-state index in [1.54, 1.807) is 0 Å². The van der Waals surface area contributed by atoms with Gasteiger partial charge in [0.15, 0.2) is 0 Å². The minimum atomic E-state index is -0.368. The van der Waals surface area contributed by atoms with Crippen molar-refractivity contribution in [3.05, 3.63) is 29.8 Å². The Hall–Kier alpha value is -1.16. The first-order valence-corrected chi connectivity index (χ1v) is 7.68. The van der Waals surface area contributed by atoms with Gasteiger partial charge >= 0.3 is 0 Å². The third-order valence-electron chi connectivity index (χ3n) is 4.50. The molecule has 110 valence electrons. The molecule has 1 aliphatic carbocycles. The Kier molecular flexibility index (Phi) is 4.20. The van der Waals surface area contributed by atoms with E-state index in [2.05, 4.69) is 5.32 Å². The predicted octanol–water partition coefficient (Wildman–Crippen LogP) is 3.47. The molecule has 1 aromatic carbocycles. The lowest BCUT2D eigenvalue weighted by atomic mass is 10.0. The molecule has 0 spiro atoms. The Morgan fingerprint density at radius 2 is 1.75 bits per heavy atom. The molecule has 1 heterocycles. The molecule has 1 aliphatic heterocycles. The highest BCUT2D eigenvalue weighted by Gasteiger charge is 2.25. The van der Waals surface area contributed by atoms with Crippen LogP contribution in [0.25, 0.3) is 0 Å². The van der Waals surface area contributed by atoms with Crippen molar-refractivity contribution in [1.82, 2.24) is 5.32 Å². The van der Waals surface area contributed by atoms with Crippen molar-refractivity contribution in [2.24, 2.45) is 0 Å². The number of benzene rings is 1. The van der Waals surface area contributed by atoms with Gasteiger partial charge in [0.05, 0.1) is 5.69 Å². The summed E-state index contributed by atoms with van der Waals surface area (Å²) in [5, 5.41) is 3.69. The predicted molar refractivity (Wildman–Crippen MR) is 77.0 cm³/mol. The van der Waals surface area contributed by atoms with Crippen LogP contribution in [0.1, 0.15) is 38.5 Å². The molecule has 1 N–H and O–H groups in total. The van der Waals surface area contributed by atoms with Crippen LogP contribution in [0.15, 0.2) is 18.2 Å². The number of halogens is 2. The second kappa shape index (κ2) is 6.08. The monoisotopic (exact) mass is 280 g/mol. The van der Waals surface area contributed by atoms with Crippen molar-refractivity contribution in [3.63, 3.8) is 0 Å². The molecule has 1 unspecified atom stereocenters. The number of anilines is 1. The van der Waals surface area contributed by atoms with Gasteiger partial charge < -0.3 is 10.2 Å². The highest BCUT2D eigenvalue weighted by atomic mass is 19.1. The van der Waals surface area contributed by atoms with Gasteiger partial charge in [0.25, 0.3) is 0 Å². The fourth-order valence-corrected chi connectivity index (χ4v) is 3.49. The van der Waals surface area contributed by atoms with Gasteiger partial charge in [-0.15, -0.1) is 0 Å². The van der Waals surface area contributed by atoms with Gasteiger partial charge in [0.1, 0.15) is 11.6 Å². The van der Waals surface area contributed by atoms with Crippen LogP contribution in [0.2, 0.25) is 0 Å². The summed E-state index contributed by atoms with van der Waals surface area (Å²) >= 11 is 0. The van der Waals surface area contributed by atoms with E-state index < -0.39 is 0 Å². The number of nitrogens with one attached hydrogen (secondary N) is 1. The molecular weight excluding hydrogens is 258 g/mol. The molecule has 1 atom stereocenters. The van der Waals surface area contributed by atoms with Crippen LogP contribution >= 0.6 is 0 Å². The van der Waals surface area contributed by atoms with Crippen molar-refractivity contribution < 1.29 is 8.78 Å². The van der Waals surface area contributed by atoms with E-state index in [0.717, 1.165) is 25.9 Å². The zero-order valence-electron chi connectivity index (χ0n) is 11.7. The van der Waals surface area contributed by atoms with Gasteiger partial charge in [-0.3, -0.25) is 0 Å². The molecule has 0 amide bonds. The number of hydrogen-bond donors (Lipinski definition) is 1. The van der Waals surface area contributed by atoms with E-state index in [1.807, 2.05) is 4.90 Å². The number of hydrogen-bond acceptors (Lipinski definition) is 2. The van der Waals surface area contributed by atoms with Crippen LogP contribution in [0, 0.1) is 11.6 Å². The van der Waals surface area contributed by atoms with Crippen molar-refractivity contribution >= 4 is 5.69 Å². The maximum atomic E-state index is 13.9. The van der Waals surface area contributed by atoms with E-state index in [1.165, 1.54) is 43.9 Å². The van der Waals surface area contributed by atoms with E-state index in [9.17, 15) is 8.78 Å². The summed E-state index contributed by atoms with van der Waals surface area (Å²) in [6.07, 6.45) is 7.29. The fourth-order valence-electron chi connectivity index (χ4n) is 3.49. The summed E-state index contributed by atoms with van der Waals surface area (Å²) in [6, 6.07) is 4.73. The lowest BCUT2D eigenvalue weighted by Crippen LogP contribution is -2.48. The van der Waals surface area contributed by atoms with Gasteiger partial charge in [-0.25, -0.2) is 8.78 Å². The Morgan fingerprint density at radius 3 is 2.55 bits per heavy atom. The Morgan fingerprint density at radius 1 is 1.00 bits per heavy atom. The van der Waals surface area contributed by atoms with Gasteiger partial charge in [-0.05, 0) is 37.8 Å². The number of rotatable bonds is 3. The fraction of sp³-hybridized carbons (Fsp3) is 0.625. The zero-order valence-corrected chi connectivity index (χ0v) is 11.7. The normalized spacial score (nSPS) is 24.3. The van der Waals surface area contributed by atoms with E-state index in [0.29, 0.717) is 17.8 Å². The average molecular weight is 280 g/mol. The van der Waals surface area contributed by atoms with Crippen molar-refractivity contribution in [2.45, 2.75) is 50.6 Å². The van der Waals surface area contributed by atoms with Crippen molar-refractivity contribution in [1.29, 1.82) is 0 Å². The molecule has 1 aromatic rings. The minimum absolute atomic E-state index is 0.326. The lowest BCUT2D eigenvalue weighted by molar-refractivity contribution is 0.373. The quantitative estimate of drug-likeness (QED) is 0.912. The lowest BCUT2D eigenvalue weighted by Gasteiger charge is -2.36. The molecule has 3 rings (SSSR count). The molecule has 2 aliphatic rings. The topological polar surface area (TPSA) is 15.3 Å². The minimum Gasteiger partial charge on any atom is -0.368 e. The van der Waals surface area contributed by atoms with E-state index in [4.69, 9.17) is 0 Å². The molecule has 2 fully saturated rings. The molecule has 0 bridgehead atoms. The highest BCUT2D eigenvalue weighted by Crippen LogP contribution is 2.25. The summed E-state index contributed by atoms with van der Waals surface area (Å²) in [6.45, 7) is 1.58. The summed E-state index contributed by atoms with van der Waals surface area (Å²) in [5.74, 6) is -0.694. The number of nitrogens with zero attached hydrogens (tertiary/aromatic N) is 1. The molecule has 1 saturated heterocycles. The first-order valence-electron chi connectivity index (χ1n) is 7.68. The molecule has 2 nitrogen and oxygen atoms in total. The first kappa shape index (κ1) is 13.8. The molecule has 1 saturated carbocycles. The average Bonchev–Trinajstić information content (AvgIpc) is 2.95. The van der Waals surface area contributed by atoms with Crippen LogP contribution in [0.4, 0.5) is 14.5 Å². The molecular formula is C16H22F2N2. The van der Waals surface area contributed by atoms with Gasteiger partial charge in [0, 0.05) is 31.2 Å². The van der Waals surface area contributed by atoms with Crippen LogP contribution in [0.3, 0.4) is 0 Å². The summed E-state index contributed by atoms with van der Waals surface area (Å²) in [5.41, 5.74) is 0.405. The van der Waals surface area contributed by atoms with Crippen molar-refractivity contribution in [2.75, 3.05) is 18.0 Å². The smallest absolute Gasteiger partial charge is 0.146 e. The molecule has 4 heteroatoms. The van der Waals surface area contributed by atoms with Crippen molar-refractivity contribution in [3.8, 4) is 0 Å². The Labute approximate surface area is 119 Å². The Bertz CT molecular complexity index is 458. The van der Waals surface area contributed by atoms with Crippen LogP contribution < -0.4 is 10.2 Å². The third kappa shape index (κ3) is 3.11. The van der Waals surface area contributed by atoms with Gasteiger partial charge in [-0.1, -0.05) is 12.8 Å².